The zero-order valence-corrected chi connectivity index (χ0v) is 9.24. The van der Waals surface area contributed by atoms with E-state index in [2.05, 4.69) is 23.1 Å². The van der Waals surface area contributed by atoms with E-state index in [1.165, 1.54) is 0 Å². The van der Waals surface area contributed by atoms with Gasteiger partial charge in [0.1, 0.15) is 0 Å². The molecule has 0 amide bonds. The molecule has 1 aromatic rings. The Morgan fingerprint density at radius 1 is 1.53 bits per heavy atom. The third kappa shape index (κ3) is 4.14. The summed E-state index contributed by atoms with van der Waals surface area (Å²) in [6, 6.07) is 6.28. The summed E-state index contributed by atoms with van der Waals surface area (Å²) in [5.74, 6) is 2.68. The Kier molecular flexibility index (Phi) is 5.50. The van der Waals surface area contributed by atoms with Crippen LogP contribution in [-0.4, -0.2) is 11.5 Å². The predicted molar refractivity (Wildman–Crippen MR) is 63.3 cm³/mol. The predicted octanol–water partition coefficient (Wildman–Crippen LogP) is 2.54. The lowest BCUT2D eigenvalue weighted by Crippen LogP contribution is -2.22. The van der Waals surface area contributed by atoms with E-state index in [-0.39, 0.29) is 0 Å². The van der Waals surface area contributed by atoms with Crippen molar-refractivity contribution in [2.75, 3.05) is 6.54 Å². The average Bonchev–Trinajstić information content (AvgIpc) is 2.30. The van der Waals surface area contributed by atoms with Crippen LogP contribution < -0.4 is 5.32 Å². The molecule has 0 aliphatic heterocycles. The van der Waals surface area contributed by atoms with Crippen LogP contribution in [-0.2, 0) is 0 Å². The first-order chi connectivity index (χ1) is 7.38. The Balaban J connectivity index is 2.59. The van der Waals surface area contributed by atoms with Gasteiger partial charge in [-0.05, 0) is 31.5 Å². The topological polar surface area (TPSA) is 24.9 Å². The smallest absolute Gasteiger partial charge is 0.0573 e. The standard InChI is InChI=1S/C13H18N2/c1-3-5-8-12(14-10-4-2)13-9-6-7-11-15-13/h1,6-7,9,11-12,14H,4-5,8,10H2,2H3. The highest BCUT2D eigenvalue weighted by Gasteiger charge is 2.09. The minimum Gasteiger partial charge on any atom is -0.309 e. The molecule has 0 spiro atoms. The number of terminal acetylenes is 1. The van der Waals surface area contributed by atoms with Gasteiger partial charge in [-0.2, -0.15) is 0 Å². The molecule has 1 aromatic heterocycles. The lowest BCUT2D eigenvalue weighted by atomic mass is 10.1. The highest BCUT2D eigenvalue weighted by Crippen LogP contribution is 2.15. The van der Waals surface area contributed by atoms with Gasteiger partial charge in [0.2, 0.25) is 0 Å². The Morgan fingerprint density at radius 2 is 2.40 bits per heavy atom. The number of pyridine rings is 1. The number of hydrogen-bond donors (Lipinski definition) is 1. The summed E-state index contributed by atoms with van der Waals surface area (Å²) in [5, 5.41) is 3.46. The van der Waals surface area contributed by atoms with Gasteiger partial charge in [-0.15, -0.1) is 12.3 Å². The first-order valence-corrected chi connectivity index (χ1v) is 5.46. The largest absolute Gasteiger partial charge is 0.309 e. The fourth-order valence-electron chi connectivity index (χ4n) is 1.48. The molecule has 0 saturated carbocycles. The molecule has 80 valence electrons. The van der Waals surface area contributed by atoms with Gasteiger partial charge in [-0.3, -0.25) is 4.98 Å². The fraction of sp³-hybridized carbons (Fsp3) is 0.462. The normalized spacial score (nSPS) is 12.0. The van der Waals surface area contributed by atoms with Crippen LogP contribution in [0.15, 0.2) is 24.4 Å². The molecular weight excluding hydrogens is 184 g/mol. The Labute approximate surface area is 92.1 Å². The van der Waals surface area contributed by atoms with Gasteiger partial charge in [0.05, 0.1) is 11.7 Å². The second-order valence-electron chi connectivity index (χ2n) is 3.50. The Bertz CT molecular complexity index is 300. The second-order valence-corrected chi connectivity index (χ2v) is 3.50. The van der Waals surface area contributed by atoms with Crippen LogP contribution in [0.25, 0.3) is 0 Å². The van der Waals surface area contributed by atoms with E-state index >= 15 is 0 Å². The third-order valence-corrected chi connectivity index (χ3v) is 2.26. The minimum absolute atomic E-state index is 0.294. The summed E-state index contributed by atoms with van der Waals surface area (Å²) in [5.41, 5.74) is 1.08. The maximum Gasteiger partial charge on any atom is 0.0573 e. The monoisotopic (exact) mass is 202 g/mol. The molecule has 1 unspecified atom stereocenters. The summed E-state index contributed by atoms with van der Waals surface area (Å²) < 4.78 is 0. The van der Waals surface area contributed by atoms with Crippen LogP contribution in [0.1, 0.15) is 37.9 Å². The SMILES string of the molecule is C#CCCC(NCCC)c1ccccn1. The molecule has 2 nitrogen and oxygen atoms in total. The summed E-state index contributed by atoms with van der Waals surface area (Å²) >= 11 is 0. The summed E-state index contributed by atoms with van der Waals surface area (Å²) in [6.45, 7) is 3.16. The quantitative estimate of drug-likeness (QED) is 0.717. The number of nitrogens with one attached hydrogen (secondary N) is 1. The highest BCUT2D eigenvalue weighted by molar-refractivity contribution is 5.09. The molecule has 1 N–H and O–H groups in total. The van der Waals surface area contributed by atoms with Gasteiger partial charge in [-0.25, -0.2) is 0 Å². The van der Waals surface area contributed by atoms with E-state index in [1.54, 1.807) is 0 Å². The molecule has 1 atom stereocenters. The summed E-state index contributed by atoms with van der Waals surface area (Å²) in [6.07, 6.45) is 9.98. The van der Waals surface area contributed by atoms with Crippen molar-refractivity contribution in [3.05, 3.63) is 30.1 Å². The Hall–Kier alpha value is -1.33. The molecule has 0 aliphatic rings. The average molecular weight is 202 g/mol. The van der Waals surface area contributed by atoms with E-state index in [9.17, 15) is 0 Å². The highest BCUT2D eigenvalue weighted by atomic mass is 14.9. The van der Waals surface area contributed by atoms with Crippen LogP contribution in [0.4, 0.5) is 0 Å². The molecule has 0 saturated heterocycles. The van der Waals surface area contributed by atoms with Crippen molar-refractivity contribution in [2.45, 2.75) is 32.2 Å². The van der Waals surface area contributed by atoms with E-state index < -0.39 is 0 Å². The van der Waals surface area contributed by atoms with Crippen molar-refractivity contribution >= 4 is 0 Å². The third-order valence-electron chi connectivity index (χ3n) is 2.26. The van der Waals surface area contributed by atoms with Gasteiger partial charge in [0.15, 0.2) is 0 Å². The zero-order valence-electron chi connectivity index (χ0n) is 9.24. The van der Waals surface area contributed by atoms with Crippen LogP contribution in [0.5, 0.6) is 0 Å². The van der Waals surface area contributed by atoms with Crippen molar-refractivity contribution in [1.29, 1.82) is 0 Å². The first kappa shape index (κ1) is 11.7. The van der Waals surface area contributed by atoms with E-state index in [4.69, 9.17) is 6.42 Å². The maximum atomic E-state index is 5.29. The van der Waals surface area contributed by atoms with Crippen molar-refractivity contribution in [2.24, 2.45) is 0 Å². The molecule has 0 fully saturated rings. The lowest BCUT2D eigenvalue weighted by Gasteiger charge is -2.16. The molecular formula is C13H18N2. The zero-order chi connectivity index (χ0) is 10.9. The van der Waals surface area contributed by atoms with Crippen LogP contribution >= 0.6 is 0 Å². The summed E-state index contributed by atoms with van der Waals surface area (Å²) in [4.78, 5) is 4.35. The fourth-order valence-corrected chi connectivity index (χ4v) is 1.48. The number of aromatic nitrogens is 1. The van der Waals surface area contributed by atoms with Crippen LogP contribution in [0.3, 0.4) is 0 Å². The minimum atomic E-state index is 0.294. The van der Waals surface area contributed by atoms with Crippen molar-refractivity contribution in [1.82, 2.24) is 10.3 Å². The number of hydrogen-bond acceptors (Lipinski definition) is 2. The number of nitrogens with zero attached hydrogens (tertiary/aromatic N) is 1. The van der Waals surface area contributed by atoms with Gasteiger partial charge < -0.3 is 5.32 Å². The van der Waals surface area contributed by atoms with Crippen molar-refractivity contribution in [3.63, 3.8) is 0 Å². The van der Waals surface area contributed by atoms with Gasteiger partial charge >= 0.3 is 0 Å². The maximum absolute atomic E-state index is 5.29. The van der Waals surface area contributed by atoms with Gasteiger partial charge in [-0.1, -0.05) is 13.0 Å². The molecule has 0 bridgehead atoms. The second kappa shape index (κ2) is 7.03. The number of rotatable bonds is 6. The van der Waals surface area contributed by atoms with E-state index in [0.717, 1.165) is 31.5 Å². The molecule has 2 heteroatoms. The molecule has 0 aliphatic carbocycles. The van der Waals surface area contributed by atoms with Gasteiger partial charge in [0, 0.05) is 12.6 Å². The lowest BCUT2D eigenvalue weighted by molar-refractivity contribution is 0.495. The van der Waals surface area contributed by atoms with Crippen molar-refractivity contribution < 1.29 is 0 Å². The van der Waals surface area contributed by atoms with E-state index in [1.807, 2.05) is 24.4 Å². The molecule has 0 aromatic carbocycles. The molecule has 15 heavy (non-hydrogen) atoms. The van der Waals surface area contributed by atoms with Crippen LogP contribution in [0.2, 0.25) is 0 Å². The molecule has 1 rings (SSSR count). The van der Waals surface area contributed by atoms with Crippen molar-refractivity contribution in [3.8, 4) is 12.3 Å². The van der Waals surface area contributed by atoms with E-state index in [0.29, 0.717) is 6.04 Å². The van der Waals surface area contributed by atoms with Crippen LogP contribution in [0, 0.1) is 12.3 Å². The van der Waals surface area contributed by atoms with Gasteiger partial charge in [0.25, 0.3) is 0 Å². The molecule has 0 radical (unpaired) electrons. The molecule has 1 heterocycles. The summed E-state index contributed by atoms with van der Waals surface area (Å²) in [7, 11) is 0. The Morgan fingerprint density at radius 3 is 3.00 bits per heavy atom. The first-order valence-electron chi connectivity index (χ1n) is 5.46.